The van der Waals surface area contributed by atoms with Crippen molar-refractivity contribution in [1.29, 1.82) is 0 Å². The number of hydrogen-bond acceptors (Lipinski definition) is 7. The first-order valence-electron chi connectivity index (χ1n) is 12.6. The van der Waals surface area contributed by atoms with Crippen molar-refractivity contribution in [3.05, 3.63) is 77.1 Å². The Hall–Kier alpha value is -2.23. The first kappa shape index (κ1) is 24.5. The highest BCUT2D eigenvalue weighted by Crippen LogP contribution is 2.28. The van der Waals surface area contributed by atoms with E-state index >= 15 is 0 Å². The van der Waals surface area contributed by atoms with Crippen LogP contribution in [0.2, 0.25) is 0 Å². The largest absolute Gasteiger partial charge is 0.376 e. The van der Waals surface area contributed by atoms with E-state index in [1.54, 1.807) is 11.8 Å². The van der Waals surface area contributed by atoms with Crippen LogP contribution in [0.1, 0.15) is 41.4 Å². The minimum absolute atomic E-state index is 0.249. The summed E-state index contributed by atoms with van der Waals surface area (Å²) in [6.45, 7) is 6.54. The molecule has 35 heavy (non-hydrogen) atoms. The number of thioether (sulfide) groups is 1. The zero-order valence-electron chi connectivity index (χ0n) is 20.7. The van der Waals surface area contributed by atoms with Crippen LogP contribution in [0.15, 0.2) is 59.8 Å². The first-order valence-corrected chi connectivity index (χ1v) is 13.6. The Labute approximate surface area is 212 Å². The normalized spacial score (nSPS) is 22.3. The highest BCUT2D eigenvalue weighted by atomic mass is 32.2. The lowest BCUT2D eigenvalue weighted by Crippen LogP contribution is -2.31. The van der Waals surface area contributed by atoms with Gasteiger partial charge in [-0.1, -0.05) is 66.4 Å². The summed E-state index contributed by atoms with van der Waals surface area (Å²) in [5.74, 6) is 2.39. The van der Waals surface area contributed by atoms with Crippen LogP contribution in [-0.4, -0.2) is 52.5 Å². The molecule has 0 amide bonds. The lowest BCUT2D eigenvalue weighted by molar-refractivity contribution is 0.0933. The third-order valence-corrected chi connectivity index (χ3v) is 8.05. The molecule has 186 valence electrons. The number of benzene rings is 2. The van der Waals surface area contributed by atoms with E-state index in [4.69, 9.17) is 4.74 Å². The number of nitrogens with one attached hydrogen (secondary N) is 2. The van der Waals surface area contributed by atoms with Crippen molar-refractivity contribution >= 4 is 11.8 Å². The molecule has 2 fully saturated rings. The van der Waals surface area contributed by atoms with Crippen LogP contribution in [0.25, 0.3) is 0 Å². The topological polar surface area (TPSA) is 67.2 Å². The van der Waals surface area contributed by atoms with Gasteiger partial charge in [0.05, 0.1) is 25.2 Å². The molecular weight excluding hydrogens is 456 g/mol. The van der Waals surface area contributed by atoms with Crippen molar-refractivity contribution in [2.75, 3.05) is 26.7 Å². The van der Waals surface area contributed by atoms with E-state index in [2.05, 4.69) is 99.1 Å². The van der Waals surface area contributed by atoms with Gasteiger partial charge >= 0.3 is 0 Å². The number of hydrogen-bond donors (Lipinski definition) is 2. The molecule has 1 aromatic heterocycles. The number of ether oxygens (including phenoxy) is 1. The van der Waals surface area contributed by atoms with Gasteiger partial charge in [-0.25, -0.2) is 5.43 Å². The Balaban J connectivity index is 1.27. The van der Waals surface area contributed by atoms with Crippen molar-refractivity contribution in [2.45, 2.75) is 55.9 Å². The molecule has 3 atom stereocenters. The number of rotatable bonds is 10. The van der Waals surface area contributed by atoms with E-state index in [-0.39, 0.29) is 6.10 Å². The molecule has 2 aromatic carbocycles. The molecule has 3 aromatic rings. The fraction of sp³-hybridized carbons (Fsp3) is 0.481. The van der Waals surface area contributed by atoms with E-state index in [1.807, 2.05) is 0 Å². The van der Waals surface area contributed by atoms with Gasteiger partial charge in [-0.15, -0.1) is 10.2 Å². The van der Waals surface area contributed by atoms with Crippen molar-refractivity contribution in [2.24, 2.45) is 5.92 Å². The fourth-order valence-corrected chi connectivity index (χ4v) is 6.10. The monoisotopic (exact) mass is 492 g/mol. The Morgan fingerprint density at radius 1 is 1.11 bits per heavy atom. The minimum Gasteiger partial charge on any atom is -0.376 e. The third kappa shape index (κ3) is 6.13. The van der Waals surface area contributed by atoms with Gasteiger partial charge in [0.15, 0.2) is 5.16 Å². The predicted molar refractivity (Wildman–Crippen MR) is 140 cm³/mol. The standard InChI is InChI=1S/C27H36N6OS/c1-20-9-6-7-12-22(20)19-35-27-31-29-25(33(27)17-24-13-8-14-34-24)18-32(2)16-23-15-28-30-26(23)21-10-4-3-5-11-21/h3-7,9-12,23-24,26,28,30H,8,13-19H2,1-2H3. The van der Waals surface area contributed by atoms with Crippen molar-refractivity contribution in [3.63, 3.8) is 0 Å². The summed E-state index contributed by atoms with van der Waals surface area (Å²) in [6, 6.07) is 19.6. The molecule has 2 aliphatic rings. The van der Waals surface area contributed by atoms with Gasteiger partial charge in [0, 0.05) is 31.4 Å². The Morgan fingerprint density at radius 3 is 2.74 bits per heavy atom. The van der Waals surface area contributed by atoms with Gasteiger partial charge in [0.1, 0.15) is 5.82 Å². The summed E-state index contributed by atoms with van der Waals surface area (Å²) in [7, 11) is 2.19. The smallest absolute Gasteiger partial charge is 0.191 e. The highest BCUT2D eigenvalue weighted by Gasteiger charge is 2.29. The SMILES string of the molecule is Cc1ccccc1CSc1nnc(CN(C)CC2CNNC2c2ccccc2)n1CC1CCCO1. The quantitative estimate of drug-likeness (QED) is 0.415. The third-order valence-electron chi connectivity index (χ3n) is 7.03. The summed E-state index contributed by atoms with van der Waals surface area (Å²) in [5.41, 5.74) is 10.8. The lowest BCUT2D eigenvalue weighted by Gasteiger charge is -2.25. The van der Waals surface area contributed by atoms with E-state index in [0.29, 0.717) is 12.0 Å². The van der Waals surface area contributed by atoms with Gasteiger partial charge in [-0.3, -0.25) is 10.3 Å². The summed E-state index contributed by atoms with van der Waals surface area (Å²) in [4.78, 5) is 2.38. The second-order valence-corrected chi connectivity index (χ2v) is 10.7. The highest BCUT2D eigenvalue weighted by molar-refractivity contribution is 7.98. The van der Waals surface area contributed by atoms with Crippen molar-refractivity contribution < 1.29 is 4.74 Å². The molecule has 3 heterocycles. The molecule has 0 spiro atoms. The van der Waals surface area contributed by atoms with Crippen LogP contribution in [0.4, 0.5) is 0 Å². The zero-order chi connectivity index (χ0) is 24.0. The summed E-state index contributed by atoms with van der Waals surface area (Å²) >= 11 is 1.77. The lowest BCUT2D eigenvalue weighted by atomic mass is 9.94. The molecule has 0 aliphatic carbocycles. The van der Waals surface area contributed by atoms with Crippen LogP contribution in [0.3, 0.4) is 0 Å². The van der Waals surface area contributed by atoms with Crippen LogP contribution in [-0.2, 0) is 23.6 Å². The van der Waals surface area contributed by atoms with Crippen LogP contribution in [0.5, 0.6) is 0 Å². The Kier molecular flexibility index (Phi) is 8.16. The van der Waals surface area contributed by atoms with Crippen LogP contribution in [0, 0.1) is 12.8 Å². The number of nitrogens with zero attached hydrogens (tertiary/aromatic N) is 4. The average molecular weight is 493 g/mol. The van der Waals surface area contributed by atoms with Gasteiger partial charge in [0.25, 0.3) is 0 Å². The fourth-order valence-electron chi connectivity index (χ4n) is 5.06. The van der Waals surface area contributed by atoms with Crippen LogP contribution < -0.4 is 10.9 Å². The van der Waals surface area contributed by atoms with Gasteiger partial charge in [-0.2, -0.15) is 0 Å². The van der Waals surface area contributed by atoms with E-state index in [9.17, 15) is 0 Å². The maximum Gasteiger partial charge on any atom is 0.191 e. The predicted octanol–water partition coefficient (Wildman–Crippen LogP) is 3.95. The molecular formula is C27H36N6OS. The molecule has 0 bridgehead atoms. The summed E-state index contributed by atoms with van der Waals surface area (Å²) in [5, 5.41) is 10.3. The molecule has 0 radical (unpaired) electrons. The van der Waals surface area contributed by atoms with Crippen LogP contribution >= 0.6 is 11.8 Å². The molecule has 2 aliphatic heterocycles. The van der Waals surface area contributed by atoms with Crippen molar-refractivity contribution in [3.8, 4) is 0 Å². The zero-order valence-corrected chi connectivity index (χ0v) is 21.5. The Morgan fingerprint density at radius 2 is 1.94 bits per heavy atom. The van der Waals surface area contributed by atoms with Gasteiger partial charge in [0.2, 0.25) is 0 Å². The molecule has 2 N–H and O–H groups in total. The number of aryl methyl sites for hydroxylation is 1. The molecule has 5 rings (SSSR count). The maximum absolute atomic E-state index is 5.98. The average Bonchev–Trinajstić information content (AvgIpc) is 3.63. The molecule has 0 saturated carbocycles. The van der Waals surface area contributed by atoms with E-state index < -0.39 is 0 Å². The summed E-state index contributed by atoms with van der Waals surface area (Å²) in [6.07, 6.45) is 2.49. The Bertz CT molecular complexity index is 1080. The minimum atomic E-state index is 0.249. The second kappa shape index (κ2) is 11.7. The van der Waals surface area contributed by atoms with Gasteiger partial charge in [-0.05, 0) is 43.5 Å². The molecule has 7 nitrogen and oxygen atoms in total. The second-order valence-electron chi connectivity index (χ2n) is 9.73. The molecule has 2 saturated heterocycles. The summed E-state index contributed by atoms with van der Waals surface area (Å²) < 4.78 is 8.28. The van der Waals surface area contributed by atoms with Gasteiger partial charge < -0.3 is 9.30 Å². The molecule has 8 heteroatoms. The first-order chi connectivity index (χ1) is 17.2. The molecule has 3 unspecified atom stereocenters. The number of aromatic nitrogens is 3. The maximum atomic E-state index is 5.98. The van der Waals surface area contributed by atoms with E-state index in [0.717, 1.165) is 62.4 Å². The van der Waals surface area contributed by atoms with Crippen molar-refractivity contribution in [1.82, 2.24) is 30.5 Å². The number of hydrazine groups is 1. The van der Waals surface area contributed by atoms with E-state index in [1.165, 1.54) is 16.7 Å².